The van der Waals surface area contributed by atoms with Crippen molar-refractivity contribution in [3.63, 3.8) is 0 Å². The van der Waals surface area contributed by atoms with Crippen LogP contribution in [-0.4, -0.2) is 38.9 Å². The van der Waals surface area contributed by atoms with E-state index in [4.69, 9.17) is 4.42 Å². The molecule has 0 aliphatic heterocycles. The Bertz CT molecular complexity index is 2000. The van der Waals surface area contributed by atoms with Crippen molar-refractivity contribution in [2.45, 2.75) is 14.7 Å². The normalized spacial score (nSPS) is 12.3. The predicted molar refractivity (Wildman–Crippen MR) is 113 cm³/mol. The van der Waals surface area contributed by atoms with Gasteiger partial charge in [-0.05, 0) is 52.6 Å². The van der Waals surface area contributed by atoms with Crippen molar-refractivity contribution in [2.75, 3.05) is 0 Å². The molecule has 170 valence electrons. The Labute approximate surface area is 271 Å². The Morgan fingerprint density at radius 2 is 1.06 bits per heavy atom. The van der Waals surface area contributed by atoms with E-state index >= 15 is 0 Å². The van der Waals surface area contributed by atoms with Crippen molar-refractivity contribution in [2.24, 2.45) is 0 Å². The molecule has 0 bridgehead atoms. The molecule has 0 amide bonds. The molecule has 0 saturated carbocycles. The summed E-state index contributed by atoms with van der Waals surface area (Å²) in [7, 11) is -14.8. The number of furan rings is 1. The van der Waals surface area contributed by atoms with Crippen molar-refractivity contribution in [1.29, 1.82) is 0 Å². The molecule has 0 N–H and O–H groups in total. The topological polar surface area (TPSA) is 185 Å². The average Bonchev–Trinajstić information content (AvgIpc) is 3.09. The summed E-state index contributed by atoms with van der Waals surface area (Å²) >= 11 is 0. The van der Waals surface area contributed by atoms with Crippen molar-refractivity contribution >= 4 is 73.8 Å². The molecule has 0 spiro atoms. The van der Waals surface area contributed by atoms with Crippen LogP contribution in [-0.2, 0) is 30.4 Å². The Morgan fingerprint density at radius 3 is 1.61 bits per heavy atom. The zero-order chi connectivity index (χ0) is 23.9. The van der Waals surface area contributed by atoms with Gasteiger partial charge < -0.3 is 18.1 Å². The smallest absolute Gasteiger partial charge is 0.744 e. The molecule has 5 aromatic rings. The monoisotopic (exact) mass is 574 g/mol. The number of hydrogen-bond acceptors (Lipinski definition) is 10. The Kier molecular flexibility index (Phi) is 9.67. The fourth-order valence-electron chi connectivity index (χ4n) is 3.95. The number of fused-ring (bicyclic) bond motifs is 7. The van der Waals surface area contributed by atoms with E-state index in [1.165, 1.54) is 30.3 Å². The van der Waals surface area contributed by atoms with E-state index in [1.54, 1.807) is 0 Å². The van der Waals surface area contributed by atoms with Crippen molar-refractivity contribution in [3.05, 3.63) is 54.6 Å². The number of benzene rings is 4. The molecule has 0 atom stereocenters. The summed E-state index contributed by atoms with van der Waals surface area (Å²) in [5, 5.41) is 1.39. The van der Waals surface area contributed by atoms with Crippen LogP contribution < -0.4 is 88.7 Å². The summed E-state index contributed by atoms with van der Waals surface area (Å²) < 4.78 is 110. The van der Waals surface area contributed by atoms with Gasteiger partial charge in [-0.3, -0.25) is 0 Å². The maximum atomic E-state index is 11.9. The summed E-state index contributed by atoms with van der Waals surface area (Å²) in [6, 6.07) is 10.6. The molecule has 0 aliphatic carbocycles. The molecule has 5 rings (SSSR count). The Balaban J connectivity index is 0.00000152. The quantitative estimate of drug-likeness (QED) is 0.148. The molecule has 10 nitrogen and oxygen atoms in total. The largest absolute Gasteiger partial charge is 1.00 e. The van der Waals surface area contributed by atoms with E-state index in [0.29, 0.717) is 21.5 Å². The van der Waals surface area contributed by atoms with Gasteiger partial charge in [0, 0.05) is 16.2 Å². The van der Waals surface area contributed by atoms with E-state index in [2.05, 4.69) is 0 Å². The first-order valence-electron chi connectivity index (χ1n) is 8.98. The van der Waals surface area contributed by atoms with E-state index in [1.807, 2.05) is 0 Å². The summed E-state index contributed by atoms with van der Waals surface area (Å²) in [6.45, 7) is 0. The van der Waals surface area contributed by atoms with Gasteiger partial charge in [0.1, 0.15) is 41.5 Å². The minimum atomic E-state index is -5.09. The van der Waals surface area contributed by atoms with E-state index in [9.17, 15) is 38.9 Å². The minimum absolute atomic E-state index is 0. The van der Waals surface area contributed by atoms with Gasteiger partial charge in [-0.15, -0.1) is 0 Å². The van der Waals surface area contributed by atoms with Crippen LogP contribution in [0.2, 0.25) is 0 Å². The molecule has 16 heteroatoms. The maximum absolute atomic E-state index is 11.9. The van der Waals surface area contributed by atoms with E-state index in [0.717, 1.165) is 24.3 Å². The third kappa shape index (κ3) is 5.62. The molecule has 0 fully saturated rings. The summed E-state index contributed by atoms with van der Waals surface area (Å²) in [5.41, 5.74) is 0.259. The van der Waals surface area contributed by atoms with E-state index in [-0.39, 0.29) is 111 Å². The average molecular weight is 574 g/mol. The van der Waals surface area contributed by atoms with Crippen LogP contribution in [0.25, 0.3) is 43.5 Å². The fourth-order valence-corrected chi connectivity index (χ4v) is 5.64. The van der Waals surface area contributed by atoms with Crippen LogP contribution in [0.4, 0.5) is 0 Å². The van der Waals surface area contributed by atoms with Crippen LogP contribution in [0, 0.1) is 0 Å². The second-order valence-electron chi connectivity index (χ2n) is 7.24. The standard InChI is InChI=1S/C20H12O10S3.3Na/c21-31(22,23)11-2-4-13-10(7-11)1-6-16-19(13)20-14-5-3-12(32(24,25)26)8-15(14)18(33(27,28)29)9-17(20)30-16;;;/h1-9H,(H,21,22,23)(H,24,25,26)(H,27,28,29);;;/q;3*+1/p-3. The van der Waals surface area contributed by atoms with Crippen LogP contribution >= 0.6 is 0 Å². The molecule has 36 heavy (non-hydrogen) atoms. The fraction of sp³-hybridized carbons (Fsp3) is 0. The molecule has 0 aliphatic rings. The Hall–Kier alpha value is -0.0700. The molecule has 0 unspecified atom stereocenters. The molecule has 0 radical (unpaired) electrons. The maximum Gasteiger partial charge on any atom is 1.00 e. The second-order valence-corrected chi connectivity index (χ2v) is 11.3. The molecule has 1 heterocycles. The second kappa shape index (κ2) is 10.8. The predicted octanol–water partition coefficient (Wildman–Crippen LogP) is -6.38. The van der Waals surface area contributed by atoms with Crippen molar-refractivity contribution in [3.8, 4) is 0 Å². The minimum Gasteiger partial charge on any atom is -0.744 e. The van der Waals surface area contributed by atoms with Gasteiger partial charge in [-0.1, -0.05) is 18.2 Å². The SMILES string of the molecule is O=S(=O)([O-])c1ccc2c(ccc3oc4cc(S(=O)(=O)[O-])c5cc(S(=O)(=O)[O-])ccc5c4c32)c1.[Na+].[Na+].[Na+]. The first kappa shape index (κ1) is 32.1. The molecular weight excluding hydrogens is 565 g/mol. The van der Waals surface area contributed by atoms with Crippen LogP contribution in [0.3, 0.4) is 0 Å². The molecular formula is C20H9Na3O10S3. The molecule has 4 aromatic carbocycles. The zero-order valence-corrected chi connectivity index (χ0v) is 27.5. The zero-order valence-electron chi connectivity index (χ0n) is 19.0. The van der Waals surface area contributed by atoms with Gasteiger partial charge in [-0.2, -0.15) is 0 Å². The summed E-state index contributed by atoms with van der Waals surface area (Å²) in [5.74, 6) is 0. The number of hydrogen-bond donors (Lipinski definition) is 0. The Morgan fingerprint density at radius 1 is 0.528 bits per heavy atom. The van der Waals surface area contributed by atoms with Crippen molar-refractivity contribution in [1.82, 2.24) is 0 Å². The third-order valence-electron chi connectivity index (χ3n) is 5.30. The van der Waals surface area contributed by atoms with Gasteiger partial charge in [-0.25, -0.2) is 25.3 Å². The van der Waals surface area contributed by atoms with Gasteiger partial charge >= 0.3 is 88.7 Å². The summed E-state index contributed by atoms with van der Waals surface area (Å²) in [6.07, 6.45) is 0. The number of rotatable bonds is 3. The molecule has 0 saturated heterocycles. The van der Waals surface area contributed by atoms with Crippen molar-refractivity contribution < 1.29 is 132 Å². The van der Waals surface area contributed by atoms with Crippen LogP contribution in [0.1, 0.15) is 0 Å². The first-order valence-corrected chi connectivity index (χ1v) is 13.2. The molecule has 1 aromatic heterocycles. The first-order chi connectivity index (χ1) is 15.2. The summed E-state index contributed by atoms with van der Waals surface area (Å²) in [4.78, 5) is -1.93. The van der Waals surface area contributed by atoms with Gasteiger partial charge in [0.05, 0.1) is 14.7 Å². The van der Waals surface area contributed by atoms with Gasteiger partial charge in [0.2, 0.25) is 0 Å². The van der Waals surface area contributed by atoms with Crippen LogP contribution in [0.15, 0.2) is 73.7 Å². The van der Waals surface area contributed by atoms with Gasteiger partial charge in [0.25, 0.3) is 0 Å². The third-order valence-corrected chi connectivity index (χ3v) is 7.84. The van der Waals surface area contributed by atoms with Crippen LogP contribution in [0.5, 0.6) is 0 Å². The van der Waals surface area contributed by atoms with E-state index < -0.39 is 45.0 Å². The van der Waals surface area contributed by atoms with Gasteiger partial charge in [0.15, 0.2) is 0 Å².